The first-order valence-corrected chi connectivity index (χ1v) is 6.66. The summed E-state index contributed by atoms with van der Waals surface area (Å²) < 4.78 is 28.8. The van der Waals surface area contributed by atoms with Crippen molar-refractivity contribution in [1.82, 2.24) is 9.55 Å². The van der Waals surface area contributed by atoms with E-state index in [2.05, 4.69) is 4.98 Å². The summed E-state index contributed by atoms with van der Waals surface area (Å²) >= 11 is 0. The van der Waals surface area contributed by atoms with E-state index in [9.17, 15) is 8.78 Å². The molecule has 3 nitrogen and oxygen atoms in total. The molecule has 0 atom stereocenters. The van der Waals surface area contributed by atoms with Crippen LogP contribution in [0.15, 0.2) is 18.2 Å². The van der Waals surface area contributed by atoms with Crippen molar-refractivity contribution in [1.29, 1.82) is 0 Å². The zero-order valence-electron chi connectivity index (χ0n) is 12.1. The standard InChI is InChI=1S/C15H19F2N3/c1-8(2)15-19-13(14(18)20(15)9(3)4)11-6-5-10(16)7-12(11)17/h5-9H,18H2,1-4H3. The van der Waals surface area contributed by atoms with Crippen LogP contribution in [0.5, 0.6) is 0 Å². The molecule has 20 heavy (non-hydrogen) atoms. The average Bonchev–Trinajstić information content (AvgIpc) is 2.67. The highest BCUT2D eigenvalue weighted by molar-refractivity contribution is 5.71. The Balaban J connectivity index is 2.66. The van der Waals surface area contributed by atoms with Crippen molar-refractivity contribution in [3.63, 3.8) is 0 Å². The van der Waals surface area contributed by atoms with Gasteiger partial charge in [0.2, 0.25) is 0 Å². The molecule has 2 rings (SSSR count). The number of nitrogens with zero attached hydrogens (tertiary/aromatic N) is 2. The third kappa shape index (κ3) is 2.40. The zero-order chi connectivity index (χ0) is 15.0. The van der Waals surface area contributed by atoms with Crippen LogP contribution in [0.4, 0.5) is 14.6 Å². The van der Waals surface area contributed by atoms with Crippen molar-refractivity contribution < 1.29 is 8.78 Å². The molecule has 2 aromatic rings. The Morgan fingerprint density at radius 2 is 1.80 bits per heavy atom. The smallest absolute Gasteiger partial charge is 0.135 e. The molecule has 0 amide bonds. The molecule has 1 aromatic heterocycles. The van der Waals surface area contributed by atoms with Gasteiger partial charge < -0.3 is 10.3 Å². The summed E-state index contributed by atoms with van der Waals surface area (Å²) in [6.07, 6.45) is 0. The molecule has 0 bridgehead atoms. The molecule has 0 fully saturated rings. The maximum atomic E-state index is 13.9. The van der Waals surface area contributed by atoms with Crippen molar-refractivity contribution in [2.75, 3.05) is 5.73 Å². The summed E-state index contributed by atoms with van der Waals surface area (Å²) in [7, 11) is 0. The first-order valence-electron chi connectivity index (χ1n) is 6.66. The fraction of sp³-hybridized carbons (Fsp3) is 0.400. The van der Waals surface area contributed by atoms with Crippen molar-refractivity contribution >= 4 is 5.82 Å². The van der Waals surface area contributed by atoms with E-state index in [-0.39, 0.29) is 17.5 Å². The molecular weight excluding hydrogens is 260 g/mol. The lowest BCUT2D eigenvalue weighted by Crippen LogP contribution is -2.10. The van der Waals surface area contributed by atoms with Crippen molar-refractivity contribution in [2.45, 2.75) is 39.7 Å². The predicted octanol–water partition coefficient (Wildman–Crippen LogP) is 4.11. The van der Waals surface area contributed by atoms with E-state index in [4.69, 9.17) is 5.73 Å². The molecule has 2 N–H and O–H groups in total. The van der Waals surface area contributed by atoms with E-state index in [0.29, 0.717) is 11.5 Å². The van der Waals surface area contributed by atoms with E-state index in [1.54, 1.807) is 0 Å². The third-order valence-electron chi connectivity index (χ3n) is 3.19. The Bertz CT molecular complexity index is 630. The Morgan fingerprint density at radius 3 is 2.25 bits per heavy atom. The number of aromatic nitrogens is 2. The number of rotatable bonds is 3. The minimum Gasteiger partial charge on any atom is -0.383 e. The van der Waals surface area contributed by atoms with Gasteiger partial charge in [-0.15, -0.1) is 0 Å². The van der Waals surface area contributed by atoms with Gasteiger partial charge in [-0.05, 0) is 26.0 Å². The summed E-state index contributed by atoms with van der Waals surface area (Å²) in [5, 5.41) is 0. The molecule has 1 heterocycles. The van der Waals surface area contributed by atoms with E-state index in [1.807, 2.05) is 32.3 Å². The Hall–Kier alpha value is -1.91. The van der Waals surface area contributed by atoms with E-state index >= 15 is 0 Å². The van der Waals surface area contributed by atoms with E-state index in [1.165, 1.54) is 12.1 Å². The zero-order valence-corrected chi connectivity index (χ0v) is 12.1. The predicted molar refractivity (Wildman–Crippen MR) is 76.5 cm³/mol. The fourth-order valence-electron chi connectivity index (χ4n) is 2.29. The number of hydrogen-bond acceptors (Lipinski definition) is 2. The Morgan fingerprint density at radius 1 is 1.15 bits per heavy atom. The van der Waals surface area contributed by atoms with Gasteiger partial charge in [-0.3, -0.25) is 0 Å². The van der Waals surface area contributed by atoms with Gasteiger partial charge in [-0.25, -0.2) is 13.8 Å². The maximum absolute atomic E-state index is 13.9. The Kier molecular flexibility index (Phi) is 3.79. The van der Waals surface area contributed by atoms with Crippen LogP contribution in [0, 0.1) is 11.6 Å². The number of nitrogens with two attached hydrogens (primary N) is 1. The molecule has 5 heteroatoms. The summed E-state index contributed by atoms with van der Waals surface area (Å²) in [5.74, 6) is 0.111. The highest BCUT2D eigenvalue weighted by Gasteiger charge is 2.21. The molecule has 1 aromatic carbocycles. The van der Waals surface area contributed by atoms with Crippen molar-refractivity contribution in [3.8, 4) is 11.3 Å². The molecule has 0 aliphatic rings. The van der Waals surface area contributed by atoms with Crippen LogP contribution in [-0.2, 0) is 0 Å². The lowest BCUT2D eigenvalue weighted by Gasteiger charge is -2.15. The second-order valence-corrected chi connectivity index (χ2v) is 5.45. The van der Waals surface area contributed by atoms with Crippen LogP contribution in [0.3, 0.4) is 0 Å². The van der Waals surface area contributed by atoms with Gasteiger partial charge in [-0.2, -0.15) is 0 Å². The maximum Gasteiger partial charge on any atom is 0.135 e. The highest BCUT2D eigenvalue weighted by atomic mass is 19.1. The van der Waals surface area contributed by atoms with Crippen LogP contribution in [0.2, 0.25) is 0 Å². The topological polar surface area (TPSA) is 43.8 Å². The van der Waals surface area contributed by atoms with Gasteiger partial charge in [0, 0.05) is 23.6 Å². The summed E-state index contributed by atoms with van der Waals surface area (Å²) in [5.41, 5.74) is 6.72. The molecule has 0 saturated heterocycles. The summed E-state index contributed by atoms with van der Waals surface area (Å²) in [4.78, 5) is 4.47. The SMILES string of the molecule is CC(C)c1nc(-c2ccc(F)cc2F)c(N)n1C(C)C. The van der Waals surface area contributed by atoms with Gasteiger partial charge in [0.05, 0.1) is 0 Å². The molecule has 0 spiro atoms. The molecule has 108 valence electrons. The van der Waals surface area contributed by atoms with Crippen molar-refractivity contribution in [2.24, 2.45) is 0 Å². The lowest BCUT2D eigenvalue weighted by atomic mass is 10.1. The minimum absolute atomic E-state index is 0.122. The molecule has 0 radical (unpaired) electrons. The highest BCUT2D eigenvalue weighted by Crippen LogP contribution is 2.33. The normalized spacial score (nSPS) is 11.6. The van der Waals surface area contributed by atoms with Gasteiger partial charge >= 0.3 is 0 Å². The molecule has 0 aliphatic carbocycles. The van der Waals surface area contributed by atoms with Gasteiger partial charge in [0.25, 0.3) is 0 Å². The number of imidazole rings is 1. The van der Waals surface area contributed by atoms with E-state index in [0.717, 1.165) is 11.9 Å². The summed E-state index contributed by atoms with van der Waals surface area (Å²) in [6, 6.07) is 3.55. The second-order valence-electron chi connectivity index (χ2n) is 5.45. The molecule has 0 aliphatic heterocycles. The van der Waals surface area contributed by atoms with Crippen LogP contribution in [0.25, 0.3) is 11.3 Å². The number of nitrogen functional groups attached to an aromatic ring is 1. The Labute approximate surface area is 117 Å². The average molecular weight is 279 g/mol. The summed E-state index contributed by atoms with van der Waals surface area (Å²) in [6.45, 7) is 8.00. The number of benzene rings is 1. The van der Waals surface area contributed by atoms with Crippen molar-refractivity contribution in [3.05, 3.63) is 35.7 Å². The number of hydrogen-bond donors (Lipinski definition) is 1. The molecule has 0 unspecified atom stereocenters. The molecular formula is C15H19F2N3. The first kappa shape index (κ1) is 14.5. The van der Waals surface area contributed by atoms with Crippen LogP contribution >= 0.6 is 0 Å². The van der Waals surface area contributed by atoms with Gasteiger partial charge in [0.15, 0.2) is 0 Å². The lowest BCUT2D eigenvalue weighted by molar-refractivity contribution is 0.556. The first-order chi connectivity index (χ1) is 9.32. The largest absolute Gasteiger partial charge is 0.383 e. The molecule has 0 saturated carbocycles. The van der Waals surface area contributed by atoms with Gasteiger partial charge in [0.1, 0.15) is 29.0 Å². The number of halogens is 2. The quantitative estimate of drug-likeness (QED) is 0.918. The van der Waals surface area contributed by atoms with Crippen LogP contribution in [-0.4, -0.2) is 9.55 Å². The minimum atomic E-state index is -0.652. The second kappa shape index (κ2) is 5.23. The third-order valence-corrected chi connectivity index (χ3v) is 3.19. The van der Waals surface area contributed by atoms with Crippen LogP contribution in [0.1, 0.15) is 45.5 Å². The fourth-order valence-corrected chi connectivity index (χ4v) is 2.29. The number of anilines is 1. The van der Waals surface area contributed by atoms with Crippen LogP contribution < -0.4 is 5.73 Å². The monoisotopic (exact) mass is 279 g/mol. The van der Waals surface area contributed by atoms with E-state index < -0.39 is 11.6 Å². The van der Waals surface area contributed by atoms with Gasteiger partial charge in [-0.1, -0.05) is 13.8 Å².